The van der Waals surface area contributed by atoms with E-state index in [0.717, 1.165) is 24.1 Å². The van der Waals surface area contributed by atoms with Gasteiger partial charge >= 0.3 is 0 Å². The summed E-state index contributed by atoms with van der Waals surface area (Å²) in [5.41, 5.74) is 2.47. The molecule has 0 aromatic carbocycles. The van der Waals surface area contributed by atoms with Gasteiger partial charge in [-0.1, -0.05) is 13.8 Å². The number of aromatic nitrogens is 2. The van der Waals surface area contributed by atoms with Crippen LogP contribution in [-0.4, -0.2) is 35.7 Å². The minimum atomic E-state index is 0.0415. The third kappa shape index (κ3) is 2.72. The standard InChI is InChI=1S/C14H19N5O/c1-3-10-11(9-15)14(18-17-12(10)4-2)19-7-5-13(20)16-6-8-19/h3-8H2,1-2H3,(H,16,20). The average molecular weight is 273 g/mol. The lowest BCUT2D eigenvalue weighted by Gasteiger charge is -2.22. The lowest BCUT2D eigenvalue weighted by atomic mass is 10.0. The van der Waals surface area contributed by atoms with E-state index in [1.165, 1.54) is 0 Å². The maximum Gasteiger partial charge on any atom is 0.221 e. The molecule has 20 heavy (non-hydrogen) atoms. The first kappa shape index (κ1) is 14.3. The second-order valence-corrected chi connectivity index (χ2v) is 4.73. The smallest absolute Gasteiger partial charge is 0.221 e. The number of aryl methyl sites for hydroxylation is 1. The Bertz CT molecular complexity index is 549. The second-order valence-electron chi connectivity index (χ2n) is 4.73. The summed E-state index contributed by atoms with van der Waals surface area (Å²) in [6, 6.07) is 2.27. The van der Waals surface area contributed by atoms with Gasteiger partial charge in [0.05, 0.1) is 5.69 Å². The maximum atomic E-state index is 11.4. The number of nitrogens with zero attached hydrogens (tertiary/aromatic N) is 4. The van der Waals surface area contributed by atoms with Crippen LogP contribution in [0.3, 0.4) is 0 Å². The normalized spacial score (nSPS) is 15.4. The Balaban J connectivity index is 2.41. The molecule has 1 amide bonds. The zero-order valence-corrected chi connectivity index (χ0v) is 11.9. The summed E-state index contributed by atoms with van der Waals surface area (Å²) in [6.45, 7) is 5.84. The van der Waals surface area contributed by atoms with Gasteiger partial charge < -0.3 is 10.2 Å². The molecule has 1 aromatic rings. The van der Waals surface area contributed by atoms with Crippen molar-refractivity contribution in [1.82, 2.24) is 15.5 Å². The lowest BCUT2D eigenvalue weighted by molar-refractivity contribution is -0.120. The summed E-state index contributed by atoms with van der Waals surface area (Å²) in [5, 5.41) is 20.8. The molecule has 0 radical (unpaired) electrons. The molecule has 0 saturated carbocycles. The molecule has 6 heteroatoms. The zero-order chi connectivity index (χ0) is 14.5. The Morgan fingerprint density at radius 2 is 2.10 bits per heavy atom. The van der Waals surface area contributed by atoms with Crippen LogP contribution in [0.15, 0.2) is 0 Å². The number of carbonyl (C=O) groups excluding carboxylic acids is 1. The van der Waals surface area contributed by atoms with Gasteiger partial charge in [-0.15, -0.1) is 5.10 Å². The van der Waals surface area contributed by atoms with E-state index in [1.54, 1.807) is 0 Å². The Labute approximate surface area is 118 Å². The molecular weight excluding hydrogens is 254 g/mol. The van der Waals surface area contributed by atoms with E-state index in [4.69, 9.17) is 0 Å². The predicted molar refractivity (Wildman–Crippen MR) is 75.3 cm³/mol. The van der Waals surface area contributed by atoms with Crippen LogP contribution >= 0.6 is 0 Å². The van der Waals surface area contributed by atoms with Gasteiger partial charge in [0.1, 0.15) is 11.6 Å². The van der Waals surface area contributed by atoms with Crippen molar-refractivity contribution in [3.8, 4) is 6.07 Å². The topological polar surface area (TPSA) is 81.9 Å². The van der Waals surface area contributed by atoms with Gasteiger partial charge in [0, 0.05) is 26.1 Å². The molecule has 1 aromatic heterocycles. The van der Waals surface area contributed by atoms with Crippen molar-refractivity contribution in [2.24, 2.45) is 0 Å². The Morgan fingerprint density at radius 1 is 1.30 bits per heavy atom. The molecule has 106 valence electrons. The first-order valence-corrected chi connectivity index (χ1v) is 7.01. The molecule has 1 aliphatic heterocycles. The minimum absolute atomic E-state index is 0.0415. The van der Waals surface area contributed by atoms with Gasteiger partial charge in [-0.05, 0) is 18.4 Å². The Hall–Kier alpha value is -2.16. The van der Waals surface area contributed by atoms with Crippen molar-refractivity contribution < 1.29 is 4.79 Å². The highest BCUT2D eigenvalue weighted by atomic mass is 16.1. The molecule has 0 unspecified atom stereocenters. The van der Waals surface area contributed by atoms with E-state index in [-0.39, 0.29) is 5.91 Å². The van der Waals surface area contributed by atoms with Crippen molar-refractivity contribution in [3.63, 3.8) is 0 Å². The van der Waals surface area contributed by atoms with Crippen molar-refractivity contribution in [2.75, 3.05) is 24.5 Å². The molecule has 2 rings (SSSR count). The average Bonchev–Trinajstić information content (AvgIpc) is 2.70. The highest BCUT2D eigenvalue weighted by Crippen LogP contribution is 2.23. The number of hydrogen-bond donors (Lipinski definition) is 1. The molecule has 6 nitrogen and oxygen atoms in total. The van der Waals surface area contributed by atoms with Gasteiger partial charge in [0.2, 0.25) is 5.91 Å². The van der Waals surface area contributed by atoms with Crippen LogP contribution in [0.5, 0.6) is 0 Å². The first-order valence-electron chi connectivity index (χ1n) is 7.01. The van der Waals surface area contributed by atoms with E-state index < -0.39 is 0 Å². The van der Waals surface area contributed by atoms with E-state index in [0.29, 0.717) is 37.4 Å². The van der Waals surface area contributed by atoms with E-state index in [9.17, 15) is 10.1 Å². The monoisotopic (exact) mass is 273 g/mol. The number of nitriles is 1. The van der Waals surface area contributed by atoms with Crippen molar-refractivity contribution in [3.05, 3.63) is 16.8 Å². The Morgan fingerprint density at radius 3 is 2.75 bits per heavy atom. The summed E-state index contributed by atoms with van der Waals surface area (Å²) in [5.74, 6) is 0.651. The molecule has 1 aliphatic rings. The van der Waals surface area contributed by atoms with E-state index >= 15 is 0 Å². The molecule has 1 N–H and O–H groups in total. The summed E-state index contributed by atoms with van der Waals surface area (Å²) < 4.78 is 0. The third-order valence-electron chi connectivity index (χ3n) is 3.55. The lowest BCUT2D eigenvalue weighted by Crippen LogP contribution is -2.30. The van der Waals surface area contributed by atoms with Crippen LogP contribution in [0, 0.1) is 11.3 Å². The highest BCUT2D eigenvalue weighted by molar-refractivity contribution is 5.77. The van der Waals surface area contributed by atoms with Gasteiger partial charge in [-0.3, -0.25) is 4.79 Å². The zero-order valence-electron chi connectivity index (χ0n) is 11.9. The fourth-order valence-electron chi connectivity index (χ4n) is 2.48. The number of carbonyl (C=O) groups is 1. The van der Waals surface area contributed by atoms with E-state index in [2.05, 4.69) is 21.6 Å². The predicted octanol–water partition coefficient (Wildman–Crippen LogP) is 0.799. The molecule has 2 heterocycles. The van der Waals surface area contributed by atoms with Gasteiger partial charge in [0.15, 0.2) is 5.82 Å². The quantitative estimate of drug-likeness (QED) is 0.881. The van der Waals surface area contributed by atoms with Crippen LogP contribution in [0.2, 0.25) is 0 Å². The summed E-state index contributed by atoms with van der Waals surface area (Å²) in [6.07, 6.45) is 1.95. The summed E-state index contributed by atoms with van der Waals surface area (Å²) in [4.78, 5) is 13.4. The van der Waals surface area contributed by atoms with Crippen LogP contribution in [0.25, 0.3) is 0 Å². The molecule has 0 spiro atoms. The van der Waals surface area contributed by atoms with Crippen molar-refractivity contribution >= 4 is 11.7 Å². The molecular formula is C14H19N5O. The van der Waals surface area contributed by atoms with Gasteiger partial charge in [-0.25, -0.2) is 0 Å². The van der Waals surface area contributed by atoms with Gasteiger partial charge in [0.25, 0.3) is 0 Å². The third-order valence-corrected chi connectivity index (χ3v) is 3.55. The molecule has 1 saturated heterocycles. The SMILES string of the molecule is CCc1nnc(N2CCNC(=O)CC2)c(C#N)c1CC. The first-order chi connectivity index (χ1) is 9.71. The number of amides is 1. The molecule has 0 bridgehead atoms. The summed E-state index contributed by atoms with van der Waals surface area (Å²) in [7, 11) is 0. The number of rotatable bonds is 3. The van der Waals surface area contributed by atoms with Crippen LogP contribution in [0.1, 0.15) is 37.1 Å². The van der Waals surface area contributed by atoms with Crippen LogP contribution < -0.4 is 10.2 Å². The van der Waals surface area contributed by atoms with Crippen LogP contribution in [0.4, 0.5) is 5.82 Å². The summed E-state index contributed by atoms with van der Waals surface area (Å²) >= 11 is 0. The van der Waals surface area contributed by atoms with Crippen LogP contribution in [-0.2, 0) is 17.6 Å². The molecule has 1 fully saturated rings. The minimum Gasteiger partial charge on any atom is -0.354 e. The van der Waals surface area contributed by atoms with Crippen molar-refractivity contribution in [2.45, 2.75) is 33.1 Å². The molecule has 0 atom stereocenters. The maximum absolute atomic E-state index is 11.4. The fourth-order valence-corrected chi connectivity index (χ4v) is 2.48. The largest absolute Gasteiger partial charge is 0.354 e. The fraction of sp³-hybridized carbons (Fsp3) is 0.571. The molecule has 0 aliphatic carbocycles. The van der Waals surface area contributed by atoms with Gasteiger partial charge in [-0.2, -0.15) is 10.4 Å². The number of hydrogen-bond acceptors (Lipinski definition) is 5. The van der Waals surface area contributed by atoms with Crippen molar-refractivity contribution in [1.29, 1.82) is 5.26 Å². The number of anilines is 1. The second kappa shape index (κ2) is 6.33. The van der Waals surface area contributed by atoms with E-state index in [1.807, 2.05) is 18.7 Å². The Kier molecular flexibility index (Phi) is 4.51. The number of nitrogens with one attached hydrogen (secondary N) is 1. The highest BCUT2D eigenvalue weighted by Gasteiger charge is 2.21.